The fraction of sp³-hybridized carbons (Fsp3) is 0.385. The van der Waals surface area contributed by atoms with Gasteiger partial charge in [0.15, 0.2) is 0 Å². The molecule has 6 heteroatoms. The molecule has 0 aromatic heterocycles. The zero-order valence-corrected chi connectivity index (χ0v) is 10.7. The molecule has 1 aliphatic carbocycles. The van der Waals surface area contributed by atoms with Crippen molar-refractivity contribution >= 4 is 17.7 Å². The first-order chi connectivity index (χ1) is 9.06. The van der Waals surface area contributed by atoms with E-state index in [1.165, 1.54) is 12.1 Å². The summed E-state index contributed by atoms with van der Waals surface area (Å²) in [6.45, 7) is 0. The van der Waals surface area contributed by atoms with E-state index in [1.54, 1.807) is 23.4 Å². The number of nitro benzene ring substituents is 1. The van der Waals surface area contributed by atoms with Gasteiger partial charge in [0.25, 0.3) is 5.69 Å². The Hall–Kier alpha value is -2.24. The number of hydrogen-bond donors (Lipinski definition) is 0. The van der Waals surface area contributed by atoms with Gasteiger partial charge in [-0.05, 0) is 24.1 Å². The molecule has 6 nitrogen and oxygen atoms in total. The highest BCUT2D eigenvalue weighted by molar-refractivity contribution is 5.81. The molecule has 19 heavy (non-hydrogen) atoms. The van der Waals surface area contributed by atoms with Crippen molar-refractivity contribution in [3.05, 3.63) is 39.9 Å². The van der Waals surface area contributed by atoms with Crippen LogP contribution in [-0.2, 0) is 4.79 Å². The van der Waals surface area contributed by atoms with Crippen LogP contribution in [0.5, 0.6) is 0 Å². The average molecular weight is 261 g/mol. The van der Waals surface area contributed by atoms with Crippen molar-refractivity contribution in [2.24, 2.45) is 5.10 Å². The molecule has 1 saturated carbocycles. The summed E-state index contributed by atoms with van der Waals surface area (Å²) >= 11 is 0. The SMILES string of the molecule is CN(/N=C/c1ccc([N+](=O)[O-])cc1)[C@H]1CCC(=O)C1. The first-order valence-corrected chi connectivity index (χ1v) is 6.09. The van der Waals surface area contributed by atoms with Crippen LogP contribution in [0.3, 0.4) is 0 Å². The molecule has 1 aliphatic rings. The highest BCUT2D eigenvalue weighted by Gasteiger charge is 2.24. The molecule has 0 heterocycles. The van der Waals surface area contributed by atoms with E-state index in [0.29, 0.717) is 12.8 Å². The molecule has 0 N–H and O–H groups in total. The number of non-ortho nitro benzene ring substituents is 1. The number of rotatable bonds is 4. The second-order valence-corrected chi connectivity index (χ2v) is 4.60. The molecule has 0 saturated heterocycles. The fourth-order valence-corrected chi connectivity index (χ4v) is 2.05. The summed E-state index contributed by atoms with van der Waals surface area (Å²) in [6.07, 6.45) is 3.66. The van der Waals surface area contributed by atoms with Gasteiger partial charge in [-0.25, -0.2) is 0 Å². The molecule has 0 radical (unpaired) electrons. The number of benzene rings is 1. The number of carbonyl (C=O) groups excluding carboxylic acids is 1. The molecule has 0 spiro atoms. The Morgan fingerprint density at radius 1 is 1.42 bits per heavy atom. The minimum atomic E-state index is -0.433. The lowest BCUT2D eigenvalue weighted by Crippen LogP contribution is -2.24. The topological polar surface area (TPSA) is 75.8 Å². The van der Waals surface area contributed by atoms with E-state index in [1.807, 2.05) is 7.05 Å². The smallest absolute Gasteiger partial charge is 0.269 e. The highest BCUT2D eigenvalue weighted by atomic mass is 16.6. The van der Waals surface area contributed by atoms with Crippen molar-refractivity contribution in [3.63, 3.8) is 0 Å². The molecule has 1 aromatic carbocycles. The van der Waals surface area contributed by atoms with E-state index >= 15 is 0 Å². The van der Waals surface area contributed by atoms with Crippen molar-refractivity contribution in [3.8, 4) is 0 Å². The van der Waals surface area contributed by atoms with Gasteiger partial charge in [-0.1, -0.05) is 0 Å². The van der Waals surface area contributed by atoms with Crippen LogP contribution in [0.1, 0.15) is 24.8 Å². The number of hydrazone groups is 1. The summed E-state index contributed by atoms with van der Waals surface area (Å²) in [5.41, 5.74) is 0.855. The summed E-state index contributed by atoms with van der Waals surface area (Å²) in [4.78, 5) is 21.3. The standard InChI is InChI=1S/C13H15N3O3/c1-15(12-6-7-13(17)8-12)14-9-10-2-4-11(5-3-10)16(18)19/h2-5,9,12H,6-8H2,1H3/b14-9+/t12-/m0/s1. The maximum atomic E-state index is 11.2. The number of nitro groups is 1. The van der Waals surface area contributed by atoms with E-state index in [4.69, 9.17) is 0 Å². The van der Waals surface area contributed by atoms with Gasteiger partial charge in [0.1, 0.15) is 5.78 Å². The molecule has 0 aliphatic heterocycles. The zero-order chi connectivity index (χ0) is 13.8. The predicted molar refractivity (Wildman–Crippen MR) is 71.1 cm³/mol. The van der Waals surface area contributed by atoms with Crippen molar-refractivity contribution in [1.29, 1.82) is 0 Å². The summed E-state index contributed by atoms with van der Waals surface area (Å²) in [7, 11) is 1.84. The van der Waals surface area contributed by atoms with Crippen LogP contribution in [0.2, 0.25) is 0 Å². The maximum Gasteiger partial charge on any atom is 0.269 e. The molecule has 0 unspecified atom stereocenters. The molecule has 2 rings (SSSR count). The minimum Gasteiger partial charge on any atom is -0.300 e. The van der Waals surface area contributed by atoms with Crippen LogP contribution in [0.15, 0.2) is 29.4 Å². The maximum absolute atomic E-state index is 11.2. The predicted octanol–water partition coefficient (Wildman–Crippen LogP) is 1.98. The Labute approximate surface area is 110 Å². The Bertz CT molecular complexity index is 510. The van der Waals surface area contributed by atoms with Crippen molar-refractivity contribution in [2.75, 3.05) is 7.05 Å². The normalized spacial score (nSPS) is 19.0. The van der Waals surface area contributed by atoms with Crippen LogP contribution in [0, 0.1) is 10.1 Å². The monoisotopic (exact) mass is 261 g/mol. The van der Waals surface area contributed by atoms with Gasteiger partial charge >= 0.3 is 0 Å². The van der Waals surface area contributed by atoms with Gasteiger partial charge in [-0.2, -0.15) is 5.10 Å². The number of nitrogens with zero attached hydrogens (tertiary/aromatic N) is 3. The van der Waals surface area contributed by atoms with E-state index in [0.717, 1.165) is 12.0 Å². The molecule has 0 amide bonds. The van der Waals surface area contributed by atoms with E-state index < -0.39 is 4.92 Å². The Kier molecular flexibility index (Phi) is 3.89. The van der Waals surface area contributed by atoms with Crippen LogP contribution >= 0.6 is 0 Å². The Balaban J connectivity index is 1.98. The summed E-state index contributed by atoms with van der Waals surface area (Å²) in [6, 6.07) is 6.35. The average Bonchev–Trinajstić information content (AvgIpc) is 2.83. The second-order valence-electron chi connectivity index (χ2n) is 4.60. The molecule has 1 aromatic rings. The number of carbonyl (C=O) groups is 1. The lowest BCUT2D eigenvalue weighted by molar-refractivity contribution is -0.384. The van der Waals surface area contributed by atoms with Gasteiger partial charge in [-0.15, -0.1) is 0 Å². The summed E-state index contributed by atoms with van der Waals surface area (Å²) in [5, 5.41) is 16.6. The Morgan fingerprint density at radius 3 is 2.63 bits per heavy atom. The van der Waals surface area contributed by atoms with Crippen LogP contribution in [-0.4, -0.2) is 35.0 Å². The second kappa shape index (κ2) is 5.60. The van der Waals surface area contributed by atoms with E-state index in [9.17, 15) is 14.9 Å². The van der Waals surface area contributed by atoms with Crippen molar-refractivity contribution in [1.82, 2.24) is 5.01 Å². The fourth-order valence-electron chi connectivity index (χ4n) is 2.05. The first-order valence-electron chi connectivity index (χ1n) is 6.09. The van der Waals surface area contributed by atoms with Gasteiger partial charge in [0.2, 0.25) is 0 Å². The third kappa shape index (κ3) is 3.37. The van der Waals surface area contributed by atoms with Crippen LogP contribution in [0.4, 0.5) is 5.69 Å². The third-order valence-corrected chi connectivity index (χ3v) is 3.24. The summed E-state index contributed by atoms with van der Waals surface area (Å²) < 4.78 is 0. The van der Waals surface area contributed by atoms with Gasteiger partial charge in [0.05, 0.1) is 17.2 Å². The quantitative estimate of drug-likeness (QED) is 0.472. The number of Topliss-reactive ketones (excluding diaryl/α,β-unsaturated/α-hetero) is 1. The molecule has 100 valence electrons. The van der Waals surface area contributed by atoms with Gasteiger partial charge < -0.3 is 0 Å². The molecule has 0 bridgehead atoms. The number of ketones is 1. The largest absolute Gasteiger partial charge is 0.300 e. The van der Waals surface area contributed by atoms with Crippen LogP contribution < -0.4 is 0 Å². The van der Waals surface area contributed by atoms with E-state index in [-0.39, 0.29) is 17.5 Å². The molecular formula is C13H15N3O3. The minimum absolute atomic E-state index is 0.0619. The lowest BCUT2D eigenvalue weighted by atomic mass is 10.2. The van der Waals surface area contributed by atoms with Crippen LogP contribution in [0.25, 0.3) is 0 Å². The molecular weight excluding hydrogens is 246 g/mol. The van der Waals surface area contributed by atoms with Gasteiger partial charge in [0, 0.05) is 32.0 Å². The third-order valence-electron chi connectivity index (χ3n) is 3.24. The first kappa shape index (κ1) is 13.2. The highest BCUT2D eigenvalue weighted by Crippen LogP contribution is 2.19. The lowest BCUT2D eigenvalue weighted by Gasteiger charge is -2.19. The molecule has 1 fully saturated rings. The number of hydrogen-bond acceptors (Lipinski definition) is 5. The molecule has 1 atom stereocenters. The zero-order valence-electron chi connectivity index (χ0n) is 10.7. The summed E-state index contributed by atoms with van der Waals surface area (Å²) in [5.74, 6) is 0.280. The van der Waals surface area contributed by atoms with Crippen molar-refractivity contribution < 1.29 is 9.72 Å². The van der Waals surface area contributed by atoms with E-state index in [2.05, 4.69) is 5.10 Å². The Morgan fingerprint density at radius 2 is 2.11 bits per heavy atom. The van der Waals surface area contributed by atoms with Gasteiger partial charge in [-0.3, -0.25) is 19.9 Å². The van der Waals surface area contributed by atoms with Crippen molar-refractivity contribution in [2.45, 2.75) is 25.3 Å².